The second-order valence-corrected chi connectivity index (χ2v) is 5.12. The molecular formula is C15H26O2. The number of esters is 1. The van der Waals surface area contributed by atoms with Crippen LogP contribution < -0.4 is 0 Å². The molecule has 2 aliphatic carbocycles. The maximum Gasteiger partial charge on any atom is 0.333 e. The molecule has 0 aromatic heterocycles. The molecule has 2 heteroatoms. The number of rotatable bonds is 2. The Labute approximate surface area is 105 Å². The molecule has 2 nitrogen and oxygen atoms in total. The summed E-state index contributed by atoms with van der Waals surface area (Å²) in [6.45, 7) is 3.73. The van der Waals surface area contributed by atoms with Crippen LogP contribution in [0.4, 0.5) is 0 Å². The standard InChI is InChI=1S/C9H14O2.C6H12/c1-7(9(10)11-2)8-5-3-4-6-8;1-2-4-6-5-3-1/h8H,1,3-6H2,2H3;1-6H2. The quantitative estimate of drug-likeness (QED) is 0.531. The molecule has 0 heterocycles. The van der Waals surface area contributed by atoms with Crippen LogP contribution in [0.3, 0.4) is 0 Å². The number of carbonyl (C=O) groups is 1. The minimum absolute atomic E-state index is 0.239. The second-order valence-electron chi connectivity index (χ2n) is 5.12. The highest BCUT2D eigenvalue weighted by molar-refractivity contribution is 5.88. The van der Waals surface area contributed by atoms with Crippen molar-refractivity contribution in [2.24, 2.45) is 5.92 Å². The van der Waals surface area contributed by atoms with Crippen LogP contribution in [-0.2, 0) is 9.53 Å². The molecule has 0 amide bonds. The van der Waals surface area contributed by atoms with E-state index < -0.39 is 0 Å². The van der Waals surface area contributed by atoms with E-state index in [1.165, 1.54) is 58.5 Å². The third-order valence-electron chi connectivity index (χ3n) is 3.80. The predicted octanol–water partition coefficient (Wildman–Crippen LogP) is 4.25. The monoisotopic (exact) mass is 238 g/mol. The van der Waals surface area contributed by atoms with Crippen LogP contribution >= 0.6 is 0 Å². The molecule has 2 fully saturated rings. The predicted molar refractivity (Wildman–Crippen MR) is 70.8 cm³/mol. The van der Waals surface area contributed by atoms with E-state index in [4.69, 9.17) is 0 Å². The molecule has 0 spiro atoms. The Morgan fingerprint density at radius 1 is 0.941 bits per heavy atom. The Balaban J connectivity index is 0.000000202. The first-order valence-electron chi connectivity index (χ1n) is 7.03. The van der Waals surface area contributed by atoms with Crippen molar-refractivity contribution >= 4 is 5.97 Å². The molecule has 2 aliphatic rings. The molecule has 2 saturated carbocycles. The van der Waals surface area contributed by atoms with Gasteiger partial charge in [0.05, 0.1) is 7.11 Å². The molecule has 0 aromatic carbocycles. The molecule has 0 radical (unpaired) electrons. The topological polar surface area (TPSA) is 26.3 Å². The molecular weight excluding hydrogens is 212 g/mol. The summed E-state index contributed by atoms with van der Waals surface area (Å²) in [7, 11) is 1.41. The van der Waals surface area contributed by atoms with E-state index in [0.717, 1.165) is 12.8 Å². The first-order chi connectivity index (χ1) is 8.25. The van der Waals surface area contributed by atoms with Crippen LogP contribution in [-0.4, -0.2) is 13.1 Å². The largest absolute Gasteiger partial charge is 0.466 e. The van der Waals surface area contributed by atoms with Crippen molar-refractivity contribution in [1.82, 2.24) is 0 Å². The molecule has 17 heavy (non-hydrogen) atoms. The Morgan fingerprint density at radius 2 is 1.35 bits per heavy atom. The van der Waals surface area contributed by atoms with Crippen LogP contribution in [0.25, 0.3) is 0 Å². The highest BCUT2D eigenvalue weighted by Crippen LogP contribution is 2.30. The van der Waals surface area contributed by atoms with Crippen molar-refractivity contribution in [2.75, 3.05) is 7.11 Å². The number of methoxy groups -OCH3 is 1. The van der Waals surface area contributed by atoms with E-state index in [9.17, 15) is 4.79 Å². The van der Waals surface area contributed by atoms with Gasteiger partial charge in [0.15, 0.2) is 0 Å². The first-order valence-corrected chi connectivity index (χ1v) is 7.03. The van der Waals surface area contributed by atoms with Crippen molar-refractivity contribution < 1.29 is 9.53 Å². The number of hydrogen-bond donors (Lipinski definition) is 0. The van der Waals surface area contributed by atoms with E-state index in [0.29, 0.717) is 11.5 Å². The summed E-state index contributed by atoms with van der Waals surface area (Å²) < 4.78 is 4.59. The van der Waals surface area contributed by atoms with E-state index in [1.54, 1.807) is 0 Å². The van der Waals surface area contributed by atoms with E-state index in [2.05, 4.69) is 11.3 Å². The minimum atomic E-state index is -0.239. The molecule has 0 atom stereocenters. The average molecular weight is 238 g/mol. The lowest BCUT2D eigenvalue weighted by atomic mass is 9.99. The third-order valence-corrected chi connectivity index (χ3v) is 3.80. The Morgan fingerprint density at radius 3 is 1.71 bits per heavy atom. The van der Waals surface area contributed by atoms with Crippen LogP contribution in [0.1, 0.15) is 64.2 Å². The molecule has 98 valence electrons. The Kier molecular flexibility index (Phi) is 6.99. The van der Waals surface area contributed by atoms with Gasteiger partial charge in [-0.3, -0.25) is 0 Å². The molecule has 0 bridgehead atoms. The minimum Gasteiger partial charge on any atom is -0.466 e. The van der Waals surface area contributed by atoms with Crippen molar-refractivity contribution in [3.8, 4) is 0 Å². The zero-order valence-corrected chi connectivity index (χ0v) is 11.2. The molecule has 0 aliphatic heterocycles. The second kappa shape index (κ2) is 8.32. The van der Waals surface area contributed by atoms with Crippen molar-refractivity contribution in [3.63, 3.8) is 0 Å². The van der Waals surface area contributed by atoms with Gasteiger partial charge in [0.25, 0.3) is 0 Å². The highest BCUT2D eigenvalue weighted by atomic mass is 16.5. The summed E-state index contributed by atoms with van der Waals surface area (Å²) in [6.07, 6.45) is 13.7. The summed E-state index contributed by atoms with van der Waals surface area (Å²) in [5, 5.41) is 0. The van der Waals surface area contributed by atoms with E-state index >= 15 is 0 Å². The number of hydrogen-bond acceptors (Lipinski definition) is 2. The van der Waals surface area contributed by atoms with E-state index in [-0.39, 0.29) is 5.97 Å². The molecule has 0 saturated heterocycles. The molecule has 2 rings (SSSR count). The Bertz CT molecular complexity index is 224. The summed E-state index contributed by atoms with van der Waals surface area (Å²) in [6, 6.07) is 0. The van der Waals surface area contributed by atoms with Gasteiger partial charge in [-0.2, -0.15) is 0 Å². The van der Waals surface area contributed by atoms with Crippen molar-refractivity contribution in [2.45, 2.75) is 64.2 Å². The fraction of sp³-hybridized carbons (Fsp3) is 0.800. The SMILES string of the molecule is C1CCCCC1.C=C(C(=O)OC)C1CCCC1. The average Bonchev–Trinajstić information content (AvgIpc) is 2.93. The maximum atomic E-state index is 11.0. The summed E-state index contributed by atoms with van der Waals surface area (Å²) in [5.74, 6) is 0.152. The van der Waals surface area contributed by atoms with Gasteiger partial charge in [0.2, 0.25) is 0 Å². The van der Waals surface area contributed by atoms with Gasteiger partial charge in [-0.1, -0.05) is 57.9 Å². The van der Waals surface area contributed by atoms with Crippen molar-refractivity contribution in [3.05, 3.63) is 12.2 Å². The summed E-state index contributed by atoms with van der Waals surface area (Å²) >= 11 is 0. The van der Waals surface area contributed by atoms with Gasteiger partial charge >= 0.3 is 5.97 Å². The number of ether oxygens (including phenoxy) is 1. The van der Waals surface area contributed by atoms with Crippen LogP contribution in [0, 0.1) is 5.92 Å². The van der Waals surface area contributed by atoms with E-state index in [1.807, 2.05) is 0 Å². The normalized spacial score (nSPS) is 20.3. The van der Waals surface area contributed by atoms with Crippen LogP contribution in [0.2, 0.25) is 0 Å². The number of carbonyl (C=O) groups excluding carboxylic acids is 1. The van der Waals surface area contributed by atoms with Gasteiger partial charge in [0, 0.05) is 5.57 Å². The molecule has 0 aromatic rings. The Hall–Kier alpha value is -0.790. The fourth-order valence-corrected chi connectivity index (χ4v) is 2.63. The zero-order valence-electron chi connectivity index (χ0n) is 11.2. The van der Waals surface area contributed by atoms with Gasteiger partial charge in [0.1, 0.15) is 0 Å². The smallest absolute Gasteiger partial charge is 0.333 e. The summed E-state index contributed by atoms with van der Waals surface area (Å²) in [4.78, 5) is 11.0. The molecule has 0 N–H and O–H groups in total. The van der Waals surface area contributed by atoms with Gasteiger partial charge < -0.3 is 4.74 Å². The van der Waals surface area contributed by atoms with Crippen LogP contribution in [0.5, 0.6) is 0 Å². The van der Waals surface area contributed by atoms with Gasteiger partial charge in [-0.15, -0.1) is 0 Å². The zero-order chi connectivity index (χ0) is 12.5. The lowest BCUT2D eigenvalue weighted by Crippen LogP contribution is -2.10. The molecule has 0 unspecified atom stereocenters. The lowest BCUT2D eigenvalue weighted by Gasteiger charge is -2.09. The maximum absolute atomic E-state index is 11.0. The van der Waals surface area contributed by atoms with Crippen molar-refractivity contribution in [1.29, 1.82) is 0 Å². The van der Waals surface area contributed by atoms with Crippen LogP contribution in [0.15, 0.2) is 12.2 Å². The fourth-order valence-electron chi connectivity index (χ4n) is 2.63. The highest BCUT2D eigenvalue weighted by Gasteiger charge is 2.22. The third kappa shape index (κ3) is 5.38. The first kappa shape index (κ1) is 14.3. The van der Waals surface area contributed by atoms with Gasteiger partial charge in [-0.05, 0) is 18.8 Å². The summed E-state index contributed by atoms with van der Waals surface area (Å²) in [5.41, 5.74) is 0.657. The lowest BCUT2D eigenvalue weighted by molar-refractivity contribution is -0.136. The van der Waals surface area contributed by atoms with Gasteiger partial charge in [-0.25, -0.2) is 4.79 Å².